The molecule has 0 saturated heterocycles. The summed E-state index contributed by atoms with van der Waals surface area (Å²) in [6.07, 6.45) is 0.378. The average molecular weight is 445 g/mol. The van der Waals surface area contributed by atoms with Crippen LogP contribution in [-0.2, 0) is 9.59 Å². The normalized spacial score (nSPS) is 10.3. The summed E-state index contributed by atoms with van der Waals surface area (Å²) >= 11 is 0. The summed E-state index contributed by atoms with van der Waals surface area (Å²) in [6, 6.07) is 21.8. The highest BCUT2D eigenvalue weighted by Gasteiger charge is 2.14. The van der Waals surface area contributed by atoms with Gasteiger partial charge in [-0.3, -0.25) is 14.4 Å². The number of nitrogens with one attached hydrogen (secondary N) is 3. The number of hydrogen-bond acceptors (Lipinski definition) is 4. The zero-order chi connectivity index (χ0) is 23.8. The minimum absolute atomic E-state index is 0.0250. The van der Waals surface area contributed by atoms with Gasteiger partial charge in [0, 0.05) is 41.8 Å². The molecular weight excluding hydrogens is 416 g/mol. The summed E-state index contributed by atoms with van der Waals surface area (Å²) < 4.78 is 0. The van der Waals surface area contributed by atoms with Crippen molar-refractivity contribution < 1.29 is 14.4 Å². The lowest BCUT2D eigenvalue weighted by Gasteiger charge is -2.18. The first kappa shape index (κ1) is 23.5. The first-order valence-corrected chi connectivity index (χ1v) is 10.8. The van der Waals surface area contributed by atoms with Crippen LogP contribution < -0.4 is 20.9 Å². The third kappa shape index (κ3) is 6.20. The molecule has 0 aliphatic carbocycles. The lowest BCUT2D eigenvalue weighted by atomic mass is 10.1. The minimum Gasteiger partial charge on any atom is -0.376 e. The molecule has 0 heterocycles. The lowest BCUT2D eigenvalue weighted by molar-refractivity contribution is -0.116. The van der Waals surface area contributed by atoms with Crippen molar-refractivity contribution in [1.82, 2.24) is 0 Å². The molecule has 0 unspecified atom stereocenters. The molecule has 3 rings (SSSR count). The molecular formula is C26H28N4O3. The van der Waals surface area contributed by atoms with Crippen LogP contribution in [-0.4, -0.2) is 31.3 Å². The van der Waals surface area contributed by atoms with Gasteiger partial charge in [-0.2, -0.15) is 0 Å². The van der Waals surface area contributed by atoms with Crippen LogP contribution >= 0.6 is 0 Å². The Bertz CT molecular complexity index is 1150. The molecule has 170 valence electrons. The number of nitrogens with zero attached hydrogens (tertiary/aromatic N) is 1. The molecule has 7 heteroatoms. The van der Waals surface area contributed by atoms with E-state index in [1.54, 1.807) is 61.3 Å². The highest BCUT2D eigenvalue weighted by molar-refractivity contribution is 6.06. The number of para-hydroxylation sites is 1. The Morgan fingerprint density at radius 2 is 1.45 bits per heavy atom. The molecule has 3 aromatic rings. The van der Waals surface area contributed by atoms with Crippen molar-refractivity contribution in [3.8, 4) is 0 Å². The zero-order valence-corrected chi connectivity index (χ0v) is 19.0. The van der Waals surface area contributed by atoms with E-state index >= 15 is 0 Å². The maximum atomic E-state index is 12.8. The molecule has 3 aromatic carbocycles. The number of carbonyl (C=O) groups is 3. The van der Waals surface area contributed by atoms with Gasteiger partial charge in [0.05, 0.1) is 6.54 Å². The Morgan fingerprint density at radius 3 is 2.12 bits per heavy atom. The largest absolute Gasteiger partial charge is 0.376 e. The summed E-state index contributed by atoms with van der Waals surface area (Å²) in [5.41, 5.74) is 4.06. The number of hydrogen-bond donors (Lipinski definition) is 3. The van der Waals surface area contributed by atoms with E-state index in [1.165, 1.54) is 0 Å². The van der Waals surface area contributed by atoms with Gasteiger partial charge >= 0.3 is 0 Å². The van der Waals surface area contributed by atoms with Crippen LogP contribution in [0.15, 0.2) is 72.8 Å². The monoisotopic (exact) mass is 444 g/mol. The summed E-state index contributed by atoms with van der Waals surface area (Å²) in [5, 5.41) is 8.75. The van der Waals surface area contributed by atoms with Crippen LogP contribution in [0.4, 0.5) is 22.7 Å². The SMILES string of the molecule is CCC(=O)Nc1cccc(NC(=O)CNc2cccc(C(=O)N(C)c3ccccc3)c2)c1C. The summed E-state index contributed by atoms with van der Waals surface area (Å²) in [5.74, 6) is -0.471. The van der Waals surface area contributed by atoms with Crippen LogP contribution in [0.25, 0.3) is 0 Å². The molecule has 0 aliphatic heterocycles. The molecule has 0 saturated carbocycles. The van der Waals surface area contributed by atoms with E-state index in [2.05, 4.69) is 16.0 Å². The second kappa shape index (κ2) is 10.9. The third-order valence-corrected chi connectivity index (χ3v) is 5.21. The molecule has 3 N–H and O–H groups in total. The molecule has 0 atom stereocenters. The Hall–Kier alpha value is -4.13. The molecule has 0 spiro atoms. The molecule has 3 amide bonds. The highest BCUT2D eigenvalue weighted by Crippen LogP contribution is 2.23. The van der Waals surface area contributed by atoms with Gasteiger partial charge in [-0.05, 0) is 55.0 Å². The van der Waals surface area contributed by atoms with Gasteiger partial charge in [-0.25, -0.2) is 0 Å². The Labute approximate surface area is 193 Å². The number of benzene rings is 3. The van der Waals surface area contributed by atoms with Crippen molar-refractivity contribution in [3.63, 3.8) is 0 Å². The summed E-state index contributed by atoms with van der Waals surface area (Å²) in [6.45, 7) is 3.65. The van der Waals surface area contributed by atoms with E-state index in [0.29, 0.717) is 29.0 Å². The second-order valence-electron chi connectivity index (χ2n) is 7.56. The predicted octanol–water partition coefficient (Wildman–Crippen LogP) is 4.67. The number of amides is 3. The fraction of sp³-hybridized carbons (Fsp3) is 0.192. The summed E-state index contributed by atoms with van der Waals surface area (Å²) in [4.78, 5) is 38.6. The maximum Gasteiger partial charge on any atom is 0.258 e. The van der Waals surface area contributed by atoms with Crippen LogP contribution in [0.5, 0.6) is 0 Å². The molecule has 33 heavy (non-hydrogen) atoms. The molecule has 0 fully saturated rings. The predicted molar refractivity (Wildman–Crippen MR) is 133 cm³/mol. The minimum atomic E-state index is -0.241. The van der Waals surface area contributed by atoms with Crippen molar-refractivity contribution in [2.24, 2.45) is 0 Å². The van der Waals surface area contributed by atoms with E-state index in [1.807, 2.05) is 37.3 Å². The number of anilines is 4. The van der Waals surface area contributed by atoms with Crippen LogP contribution in [0.2, 0.25) is 0 Å². The summed E-state index contributed by atoms with van der Waals surface area (Å²) in [7, 11) is 1.73. The van der Waals surface area contributed by atoms with Gasteiger partial charge in [0.2, 0.25) is 11.8 Å². The lowest BCUT2D eigenvalue weighted by Crippen LogP contribution is -2.26. The van der Waals surface area contributed by atoms with Crippen molar-refractivity contribution in [2.75, 3.05) is 34.4 Å². The van der Waals surface area contributed by atoms with Gasteiger partial charge < -0.3 is 20.9 Å². The van der Waals surface area contributed by atoms with Crippen molar-refractivity contribution >= 4 is 40.5 Å². The smallest absolute Gasteiger partial charge is 0.258 e. The fourth-order valence-electron chi connectivity index (χ4n) is 3.25. The van der Waals surface area contributed by atoms with Crippen molar-refractivity contribution in [2.45, 2.75) is 20.3 Å². The van der Waals surface area contributed by atoms with Crippen molar-refractivity contribution in [3.05, 3.63) is 83.9 Å². The van der Waals surface area contributed by atoms with E-state index in [0.717, 1.165) is 11.3 Å². The van der Waals surface area contributed by atoms with Crippen LogP contribution in [0, 0.1) is 6.92 Å². The molecule has 0 bridgehead atoms. The van der Waals surface area contributed by atoms with E-state index in [4.69, 9.17) is 0 Å². The van der Waals surface area contributed by atoms with Gasteiger partial charge in [0.1, 0.15) is 0 Å². The Balaban J connectivity index is 1.62. The Kier molecular flexibility index (Phi) is 7.81. The first-order valence-electron chi connectivity index (χ1n) is 10.8. The second-order valence-corrected chi connectivity index (χ2v) is 7.56. The quantitative estimate of drug-likeness (QED) is 0.471. The fourth-order valence-corrected chi connectivity index (χ4v) is 3.25. The third-order valence-electron chi connectivity index (χ3n) is 5.21. The van der Waals surface area contributed by atoms with Gasteiger partial charge in [-0.1, -0.05) is 37.3 Å². The van der Waals surface area contributed by atoms with E-state index < -0.39 is 0 Å². The van der Waals surface area contributed by atoms with E-state index in [-0.39, 0.29) is 24.3 Å². The van der Waals surface area contributed by atoms with Crippen LogP contribution in [0.1, 0.15) is 29.3 Å². The van der Waals surface area contributed by atoms with Crippen molar-refractivity contribution in [1.29, 1.82) is 0 Å². The Morgan fingerprint density at radius 1 is 0.818 bits per heavy atom. The van der Waals surface area contributed by atoms with Gasteiger partial charge in [0.25, 0.3) is 5.91 Å². The number of rotatable bonds is 8. The maximum absolute atomic E-state index is 12.8. The topological polar surface area (TPSA) is 90.5 Å². The first-order chi connectivity index (χ1) is 15.9. The number of carbonyl (C=O) groups excluding carboxylic acids is 3. The van der Waals surface area contributed by atoms with E-state index in [9.17, 15) is 14.4 Å². The van der Waals surface area contributed by atoms with Gasteiger partial charge in [-0.15, -0.1) is 0 Å². The standard InChI is InChI=1S/C26H28N4O3/c1-4-24(31)28-22-14-9-15-23(18(22)2)29-25(32)17-27-20-11-8-10-19(16-20)26(33)30(3)21-12-6-5-7-13-21/h5-16,27H,4,17H2,1-3H3,(H,28,31)(H,29,32). The van der Waals surface area contributed by atoms with Gasteiger partial charge in [0.15, 0.2) is 0 Å². The van der Waals surface area contributed by atoms with Crippen LogP contribution in [0.3, 0.4) is 0 Å². The molecule has 0 aromatic heterocycles. The zero-order valence-electron chi connectivity index (χ0n) is 19.0. The molecule has 7 nitrogen and oxygen atoms in total. The highest BCUT2D eigenvalue weighted by atomic mass is 16.2. The molecule has 0 aliphatic rings. The molecule has 0 radical (unpaired) electrons. The average Bonchev–Trinajstić information content (AvgIpc) is 2.85.